The van der Waals surface area contributed by atoms with E-state index in [0.717, 1.165) is 23.6 Å². The van der Waals surface area contributed by atoms with E-state index >= 15 is 0 Å². The monoisotopic (exact) mass is 323 g/mol. The maximum atomic E-state index is 12.0. The van der Waals surface area contributed by atoms with Crippen molar-refractivity contribution in [2.45, 2.75) is 23.6 Å². The lowest BCUT2D eigenvalue weighted by atomic mass is 10.2. The van der Waals surface area contributed by atoms with Crippen molar-refractivity contribution in [3.05, 3.63) is 53.9 Å². The minimum Gasteiger partial charge on any atom is -0.387 e. The molecule has 1 aromatic carbocycles. The first kappa shape index (κ1) is 14.5. The largest absolute Gasteiger partial charge is 0.387 e. The van der Waals surface area contributed by atoms with Crippen LogP contribution < -0.4 is 0 Å². The molecular formula is C15H17NO3S2. The highest BCUT2D eigenvalue weighted by Crippen LogP contribution is 2.36. The zero-order valence-electron chi connectivity index (χ0n) is 11.7. The van der Waals surface area contributed by atoms with Crippen molar-refractivity contribution in [2.75, 3.05) is 12.3 Å². The Morgan fingerprint density at radius 3 is 2.76 bits per heavy atom. The lowest BCUT2D eigenvalue weighted by molar-refractivity contribution is 0.213. The fourth-order valence-electron chi connectivity index (χ4n) is 2.29. The van der Waals surface area contributed by atoms with Crippen LogP contribution in [0.25, 0.3) is 0 Å². The molecule has 1 fully saturated rings. The van der Waals surface area contributed by atoms with Gasteiger partial charge in [0.15, 0.2) is 0 Å². The molecule has 21 heavy (non-hydrogen) atoms. The molecule has 0 amide bonds. The molecule has 1 aromatic rings. The molecule has 112 valence electrons. The van der Waals surface area contributed by atoms with Crippen LogP contribution >= 0.6 is 11.8 Å². The van der Waals surface area contributed by atoms with Gasteiger partial charge in [0.2, 0.25) is 0 Å². The summed E-state index contributed by atoms with van der Waals surface area (Å²) >= 11 is 1.91. The molecule has 0 aliphatic carbocycles. The predicted molar refractivity (Wildman–Crippen MR) is 84.2 cm³/mol. The zero-order chi connectivity index (χ0) is 14.9. The topological polar surface area (TPSA) is 46.6 Å². The quantitative estimate of drug-likeness (QED) is 0.630. The number of nitrogens with zero attached hydrogens (tertiary/aromatic N) is 1. The Balaban J connectivity index is 1.67. The summed E-state index contributed by atoms with van der Waals surface area (Å²) in [5, 5.41) is 0.545. The van der Waals surface area contributed by atoms with E-state index in [1.807, 2.05) is 18.7 Å². The number of hydrogen-bond donors (Lipinski definition) is 0. The van der Waals surface area contributed by atoms with Crippen LogP contribution in [0.5, 0.6) is 0 Å². The Hall–Kier alpha value is -1.40. The Bertz CT molecular complexity index is 677. The molecule has 0 saturated carbocycles. The number of thioether (sulfide) groups is 1. The van der Waals surface area contributed by atoms with Gasteiger partial charge in [-0.15, -0.1) is 11.8 Å². The lowest BCUT2D eigenvalue weighted by Gasteiger charge is -2.45. The summed E-state index contributed by atoms with van der Waals surface area (Å²) in [7, 11) is -3.73. The van der Waals surface area contributed by atoms with Crippen molar-refractivity contribution in [1.82, 2.24) is 4.90 Å². The smallest absolute Gasteiger partial charge is 0.338 e. The number of benzene rings is 1. The maximum Gasteiger partial charge on any atom is 0.338 e. The Morgan fingerprint density at radius 2 is 2.10 bits per heavy atom. The first-order chi connectivity index (χ1) is 10.1. The van der Waals surface area contributed by atoms with Gasteiger partial charge in [-0.3, -0.25) is 0 Å². The zero-order valence-corrected chi connectivity index (χ0v) is 13.4. The molecule has 4 nitrogen and oxygen atoms in total. The molecule has 2 heterocycles. The van der Waals surface area contributed by atoms with Gasteiger partial charge in [0.05, 0.1) is 5.37 Å². The van der Waals surface area contributed by atoms with Crippen LogP contribution in [0.1, 0.15) is 12.0 Å². The van der Waals surface area contributed by atoms with E-state index in [9.17, 15) is 8.42 Å². The van der Waals surface area contributed by atoms with Crippen molar-refractivity contribution >= 4 is 21.9 Å². The van der Waals surface area contributed by atoms with E-state index in [2.05, 4.69) is 11.0 Å². The minimum atomic E-state index is -3.73. The number of aryl methyl sites for hydroxylation is 1. The summed E-state index contributed by atoms with van der Waals surface area (Å²) in [6, 6.07) is 6.62. The van der Waals surface area contributed by atoms with Crippen molar-refractivity contribution in [2.24, 2.45) is 0 Å². The van der Waals surface area contributed by atoms with Gasteiger partial charge in [0, 0.05) is 18.0 Å². The third-order valence-electron chi connectivity index (χ3n) is 3.61. The van der Waals surface area contributed by atoms with Crippen LogP contribution in [-0.2, 0) is 14.3 Å². The molecule has 6 heteroatoms. The first-order valence-corrected chi connectivity index (χ1v) is 9.27. The van der Waals surface area contributed by atoms with E-state index in [-0.39, 0.29) is 4.90 Å². The fourth-order valence-corrected chi connectivity index (χ4v) is 4.24. The highest BCUT2D eigenvalue weighted by atomic mass is 32.2. The van der Waals surface area contributed by atoms with Crippen molar-refractivity contribution in [3.8, 4) is 0 Å². The van der Waals surface area contributed by atoms with Crippen LogP contribution in [0.15, 0.2) is 53.3 Å². The summed E-state index contributed by atoms with van der Waals surface area (Å²) in [4.78, 5) is 2.43. The van der Waals surface area contributed by atoms with Gasteiger partial charge < -0.3 is 9.08 Å². The molecule has 0 bridgehead atoms. The Morgan fingerprint density at radius 1 is 1.33 bits per heavy atom. The molecule has 1 atom stereocenters. The van der Waals surface area contributed by atoms with Gasteiger partial charge in [0.1, 0.15) is 11.2 Å². The lowest BCUT2D eigenvalue weighted by Crippen LogP contribution is -2.46. The molecule has 0 spiro atoms. The average Bonchev–Trinajstić information content (AvgIpc) is 2.41. The molecule has 3 rings (SSSR count). The van der Waals surface area contributed by atoms with Gasteiger partial charge in [-0.2, -0.15) is 8.42 Å². The van der Waals surface area contributed by atoms with Gasteiger partial charge >= 0.3 is 10.1 Å². The summed E-state index contributed by atoms with van der Waals surface area (Å²) in [6.07, 6.45) is 6.29. The van der Waals surface area contributed by atoms with E-state index in [1.165, 1.54) is 12.7 Å². The summed E-state index contributed by atoms with van der Waals surface area (Å²) in [6.45, 7) is 2.94. The number of allylic oxidation sites excluding steroid dienone is 1. The second-order valence-corrected chi connectivity index (χ2v) is 7.85. The number of fused-ring (bicyclic) bond motifs is 1. The molecule has 2 aliphatic rings. The van der Waals surface area contributed by atoms with Crippen molar-refractivity contribution in [3.63, 3.8) is 0 Å². The minimum absolute atomic E-state index is 0.174. The maximum absolute atomic E-state index is 12.0. The van der Waals surface area contributed by atoms with Gasteiger partial charge in [-0.1, -0.05) is 23.8 Å². The molecule has 0 radical (unpaired) electrons. The molecular weight excluding hydrogens is 306 g/mol. The average molecular weight is 323 g/mol. The summed E-state index contributed by atoms with van der Waals surface area (Å²) in [5.41, 5.74) is 2.06. The Labute approximate surface area is 129 Å². The van der Waals surface area contributed by atoms with E-state index in [0.29, 0.717) is 5.37 Å². The standard InChI is InChI=1S/C15H17NO3S2/c1-12-2-4-14(5-3-12)21(17,18)19-10-7-13-8-11-20-15-6-9-16(13)15/h2-5,7-8,10,15H,6,9,11H2,1H3. The fraction of sp³-hybridized carbons (Fsp3) is 0.333. The molecule has 1 unspecified atom stereocenters. The van der Waals surface area contributed by atoms with Gasteiger partial charge in [-0.05, 0) is 31.6 Å². The van der Waals surface area contributed by atoms with Crippen molar-refractivity contribution in [1.29, 1.82) is 0 Å². The highest BCUT2D eigenvalue weighted by molar-refractivity contribution is 8.00. The van der Waals surface area contributed by atoms with Crippen LogP contribution in [0, 0.1) is 6.92 Å². The number of hydrogen-bond acceptors (Lipinski definition) is 5. The van der Waals surface area contributed by atoms with Crippen LogP contribution in [-0.4, -0.2) is 31.0 Å². The first-order valence-electron chi connectivity index (χ1n) is 6.81. The molecule has 0 aromatic heterocycles. The van der Waals surface area contributed by atoms with Gasteiger partial charge in [0.25, 0.3) is 0 Å². The summed E-state index contributed by atoms with van der Waals surface area (Å²) in [5.74, 6) is 0.964. The third kappa shape index (κ3) is 3.11. The molecule has 1 saturated heterocycles. The van der Waals surface area contributed by atoms with Crippen LogP contribution in [0.2, 0.25) is 0 Å². The number of rotatable bonds is 4. The van der Waals surface area contributed by atoms with E-state index in [1.54, 1.807) is 30.3 Å². The van der Waals surface area contributed by atoms with Crippen molar-refractivity contribution < 1.29 is 12.6 Å². The SMILES string of the molecule is Cc1ccc(S(=O)(=O)OC=CC2=CCSC3CCN23)cc1. The predicted octanol–water partition coefficient (Wildman–Crippen LogP) is 2.88. The molecule has 0 N–H and O–H groups in total. The Kier molecular flexibility index (Phi) is 3.99. The van der Waals surface area contributed by atoms with E-state index < -0.39 is 10.1 Å². The van der Waals surface area contributed by atoms with Crippen LogP contribution in [0.4, 0.5) is 0 Å². The highest BCUT2D eigenvalue weighted by Gasteiger charge is 2.31. The summed E-state index contributed by atoms with van der Waals surface area (Å²) < 4.78 is 29.1. The van der Waals surface area contributed by atoms with Gasteiger partial charge in [-0.25, -0.2) is 0 Å². The normalized spacial score (nSPS) is 21.7. The molecule has 2 aliphatic heterocycles. The van der Waals surface area contributed by atoms with E-state index in [4.69, 9.17) is 4.18 Å². The van der Waals surface area contributed by atoms with Crippen LogP contribution in [0.3, 0.4) is 0 Å². The third-order valence-corrected chi connectivity index (χ3v) is 6.06. The second-order valence-electron chi connectivity index (χ2n) is 5.07. The second kappa shape index (κ2) is 5.77.